The lowest BCUT2D eigenvalue weighted by molar-refractivity contribution is 0.482. The molecule has 0 aliphatic carbocycles. The number of phenols is 2. The molecule has 0 radical (unpaired) electrons. The first-order valence-corrected chi connectivity index (χ1v) is 14.4. The molecular formula is C36H31N7O2. The molecule has 0 saturated heterocycles. The number of hydrogen-bond donors (Lipinski definition) is 3. The van der Waals surface area contributed by atoms with E-state index < -0.39 is 0 Å². The number of rotatable bonds is 6. The van der Waals surface area contributed by atoms with Gasteiger partial charge in [-0.1, -0.05) is 42.5 Å². The van der Waals surface area contributed by atoms with Crippen molar-refractivity contribution in [1.29, 1.82) is 0 Å². The van der Waals surface area contributed by atoms with Gasteiger partial charge in [0.05, 0.1) is 28.1 Å². The van der Waals surface area contributed by atoms with Crippen LogP contribution in [0.15, 0.2) is 122 Å². The SMILES string of the molecule is Cc1ccccc1N=Nc1c(C)cc2c(C)cc(N=Nc3ccc4cc(C)c(N=Nc5ccccc5)c(O)c4c3)c(N)c2c1O. The quantitative estimate of drug-likeness (QED) is 0.131. The van der Waals surface area contributed by atoms with Crippen LogP contribution in [0.2, 0.25) is 0 Å². The molecule has 0 aliphatic heterocycles. The summed E-state index contributed by atoms with van der Waals surface area (Å²) in [4.78, 5) is 0. The number of aryl methyl sites for hydroxylation is 4. The van der Waals surface area contributed by atoms with Crippen LogP contribution in [-0.2, 0) is 0 Å². The topological polar surface area (TPSA) is 141 Å². The van der Waals surface area contributed by atoms with Gasteiger partial charge in [0.15, 0.2) is 11.5 Å². The van der Waals surface area contributed by atoms with Crippen LogP contribution in [0.4, 0.5) is 39.8 Å². The molecule has 0 amide bonds. The monoisotopic (exact) mass is 593 g/mol. The Balaban J connectivity index is 1.37. The number of hydrogen-bond acceptors (Lipinski definition) is 9. The first-order valence-electron chi connectivity index (χ1n) is 14.4. The molecule has 0 spiro atoms. The van der Waals surface area contributed by atoms with Gasteiger partial charge in [-0.05, 0) is 109 Å². The van der Waals surface area contributed by atoms with Gasteiger partial charge in [-0.3, -0.25) is 0 Å². The molecule has 6 aromatic carbocycles. The molecule has 0 saturated carbocycles. The molecule has 0 aliphatic rings. The Morgan fingerprint density at radius 1 is 0.489 bits per heavy atom. The van der Waals surface area contributed by atoms with E-state index in [-0.39, 0.29) is 17.2 Å². The molecule has 0 bridgehead atoms. The van der Waals surface area contributed by atoms with Crippen LogP contribution in [0.1, 0.15) is 22.3 Å². The second-order valence-electron chi connectivity index (χ2n) is 11.0. The van der Waals surface area contributed by atoms with E-state index in [0.717, 1.165) is 33.0 Å². The minimum atomic E-state index is -0.0665. The second kappa shape index (κ2) is 12.0. The number of anilines is 1. The number of nitrogens with zero attached hydrogens (tertiary/aromatic N) is 6. The first kappa shape index (κ1) is 29.1. The second-order valence-corrected chi connectivity index (χ2v) is 11.0. The van der Waals surface area contributed by atoms with Gasteiger partial charge in [0, 0.05) is 5.39 Å². The van der Waals surface area contributed by atoms with Gasteiger partial charge in [0.25, 0.3) is 0 Å². The molecule has 0 heterocycles. The smallest absolute Gasteiger partial charge is 0.153 e. The van der Waals surface area contributed by atoms with Gasteiger partial charge >= 0.3 is 0 Å². The zero-order valence-corrected chi connectivity index (χ0v) is 25.3. The molecule has 0 fully saturated rings. The third-order valence-electron chi connectivity index (χ3n) is 7.72. The number of nitrogens with two attached hydrogens (primary N) is 1. The largest absolute Gasteiger partial charge is 0.505 e. The summed E-state index contributed by atoms with van der Waals surface area (Å²) >= 11 is 0. The van der Waals surface area contributed by atoms with E-state index >= 15 is 0 Å². The minimum absolute atomic E-state index is 0.00970. The van der Waals surface area contributed by atoms with Crippen LogP contribution in [0.5, 0.6) is 11.5 Å². The number of aromatic hydroxyl groups is 2. The summed E-state index contributed by atoms with van der Waals surface area (Å²) in [6.45, 7) is 7.63. The molecule has 222 valence electrons. The molecule has 6 rings (SSSR count). The van der Waals surface area contributed by atoms with E-state index in [1.54, 1.807) is 6.07 Å². The Hall–Kier alpha value is -5.96. The summed E-state index contributed by atoms with van der Waals surface area (Å²) < 4.78 is 0. The van der Waals surface area contributed by atoms with Crippen molar-refractivity contribution in [2.45, 2.75) is 27.7 Å². The molecular weight excluding hydrogens is 562 g/mol. The van der Waals surface area contributed by atoms with Crippen LogP contribution < -0.4 is 5.73 Å². The summed E-state index contributed by atoms with van der Waals surface area (Å²) in [5.74, 6) is -0.0568. The van der Waals surface area contributed by atoms with Gasteiger partial charge in [-0.25, -0.2) is 0 Å². The third kappa shape index (κ3) is 5.71. The summed E-state index contributed by atoms with van der Waals surface area (Å²) in [6, 6.07) is 28.1. The molecule has 0 atom stereocenters. The molecule has 0 unspecified atom stereocenters. The average Bonchev–Trinajstić information content (AvgIpc) is 3.03. The maximum Gasteiger partial charge on any atom is 0.153 e. The number of nitrogen functional groups attached to an aromatic ring is 1. The summed E-state index contributed by atoms with van der Waals surface area (Å²) in [6.07, 6.45) is 0. The number of fused-ring (bicyclic) bond motifs is 2. The van der Waals surface area contributed by atoms with Crippen molar-refractivity contribution in [1.82, 2.24) is 0 Å². The van der Waals surface area contributed by atoms with Crippen LogP contribution in [0.25, 0.3) is 21.5 Å². The molecule has 45 heavy (non-hydrogen) atoms. The Labute approximate surface area is 260 Å². The predicted octanol–water partition coefficient (Wildman–Crippen LogP) is 11.5. The number of azo groups is 3. The Morgan fingerprint density at radius 3 is 1.91 bits per heavy atom. The number of phenolic OH excluding ortho intramolecular Hbond substituents is 2. The predicted molar refractivity (Wildman–Crippen MR) is 180 cm³/mol. The normalized spacial score (nSPS) is 12.0. The average molecular weight is 594 g/mol. The molecule has 9 nitrogen and oxygen atoms in total. The first-order chi connectivity index (χ1) is 21.7. The maximum absolute atomic E-state index is 11.4. The maximum atomic E-state index is 11.4. The zero-order chi connectivity index (χ0) is 31.7. The van der Waals surface area contributed by atoms with Gasteiger partial charge in [-0.15, -0.1) is 15.3 Å². The minimum Gasteiger partial charge on any atom is -0.505 e. The van der Waals surface area contributed by atoms with Crippen molar-refractivity contribution in [3.63, 3.8) is 0 Å². The van der Waals surface area contributed by atoms with Crippen LogP contribution >= 0.6 is 0 Å². The van der Waals surface area contributed by atoms with Crippen molar-refractivity contribution in [3.8, 4) is 11.5 Å². The third-order valence-corrected chi connectivity index (χ3v) is 7.72. The highest BCUT2D eigenvalue weighted by molar-refractivity contribution is 6.07. The summed E-state index contributed by atoms with van der Waals surface area (Å²) in [7, 11) is 0. The van der Waals surface area contributed by atoms with Crippen molar-refractivity contribution >= 4 is 61.4 Å². The summed E-state index contributed by atoms with van der Waals surface area (Å²) in [5, 5.41) is 51.4. The Kier molecular flexibility index (Phi) is 7.75. The number of benzene rings is 6. The molecule has 9 heteroatoms. The van der Waals surface area contributed by atoms with E-state index in [1.807, 2.05) is 113 Å². The van der Waals surface area contributed by atoms with Crippen LogP contribution in [0.3, 0.4) is 0 Å². The fourth-order valence-corrected chi connectivity index (χ4v) is 5.24. The van der Waals surface area contributed by atoms with E-state index in [1.165, 1.54) is 0 Å². The van der Waals surface area contributed by atoms with E-state index in [0.29, 0.717) is 44.9 Å². The molecule has 4 N–H and O–H groups in total. The van der Waals surface area contributed by atoms with Gasteiger partial charge < -0.3 is 15.9 Å². The molecule has 0 aromatic heterocycles. The van der Waals surface area contributed by atoms with Crippen molar-refractivity contribution < 1.29 is 10.2 Å². The highest BCUT2D eigenvalue weighted by Crippen LogP contribution is 2.46. The molecule has 6 aromatic rings. The Morgan fingerprint density at radius 2 is 1.13 bits per heavy atom. The van der Waals surface area contributed by atoms with Crippen molar-refractivity contribution in [2.75, 3.05) is 5.73 Å². The van der Waals surface area contributed by atoms with E-state index in [4.69, 9.17) is 5.73 Å². The van der Waals surface area contributed by atoms with Crippen LogP contribution in [0, 0.1) is 27.7 Å². The van der Waals surface area contributed by atoms with Crippen molar-refractivity contribution in [3.05, 3.63) is 113 Å². The lowest BCUT2D eigenvalue weighted by Crippen LogP contribution is -1.92. The zero-order valence-electron chi connectivity index (χ0n) is 25.3. The van der Waals surface area contributed by atoms with E-state index in [2.05, 4.69) is 30.7 Å². The highest BCUT2D eigenvalue weighted by atomic mass is 16.3. The van der Waals surface area contributed by atoms with Crippen LogP contribution in [-0.4, -0.2) is 10.2 Å². The van der Waals surface area contributed by atoms with Gasteiger partial charge in [0.1, 0.15) is 17.1 Å². The van der Waals surface area contributed by atoms with E-state index in [9.17, 15) is 10.2 Å². The Bertz CT molecular complexity index is 2190. The highest BCUT2D eigenvalue weighted by Gasteiger charge is 2.18. The summed E-state index contributed by atoms with van der Waals surface area (Å²) in [5.41, 5.74) is 13.3. The fraction of sp³-hybridized carbons (Fsp3) is 0.111. The lowest BCUT2D eigenvalue weighted by atomic mass is 9.98. The lowest BCUT2D eigenvalue weighted by Gasteiger charge is -2.13. The fourth-order valence-electron chi connectivity index (χ4n) is 5.24. The van der Waals surface area contributed by atoms with Crippen molar-refractivity contribution in [2.24, 2.45) is 30.7 Å². The standard InChI is InChI=1S/C36H31N7O2/c1-20-10-8-9-13-29(20)40-43-34-23(4)17-27-21(2)18-30(32(37)31(27)36(34)45)41-39-26-15-14-24-16-22(3)33(35(44)28(24)19-26)42-38-25-11-6-5-7-12-25/h5-19,44-45H,37H2,1-4H3. The van der Waals surface area contributed by atoms with Gasteiger partial charge in [-0.2, -0.15) is 15.3 Å². The van der Waals surface area contributed by atoms with Gasteiger partial charge in [0.2, 0.25) is 0 Å².